The molecule has 2 aromatic carbocycles. The third-order valence-electron chi connectivity index (χ3n) is 5.51. The lowest BCUT2D eigenvalue weighted by atomic mass is 9.99. The largest absolute Gasteiger partial charge is 0.452 e. The predicted molar refractivity (Wildman–Crippen MR) is 133 cm³/mol. The molecule has 37 heavy (non-hydrogen) atoms. The van der Waals surface area contributed by atoms with Crippen molar-refractivity contribution >= 4 is 29.0 Å². The zero-order chi connectivity index (χ0) is 27.3. The van der Waals surface area contributed by atoms with Gasteiger partial charge in [-0.3, -0.25) is 23.7 Å². The van der Waals surface area contributed by atoms with Gasteiger partial charge >= 0.3 is 6.18 Å². The van der Waals surface area contributed by atoms with Crippen molar-refractivity contribution in [3.8, 4) is 11.3 Å². The number of nitrogen functional groups attached to an aromatic ring is 1. The molecular weight excluding hydrogens is 489 g/mol. The second-order valence-corrected chi connectivity index (χ2v) is 8.62. The van der Waals surface area contributed by atoms with Crippen LogP contribution >= 0.6 is 0 Å². The lowest BCUT2D eigenvalue weighted by Crippen LogP contribution is -2.50. The number of hydrogen-bond donors (Lipinski definition) is 3. The Hall–Kier alpha value is -4.41. The molecule has 0 aliphatic heterocycles. The summed E-state index contributed by atoms with van der Waals surface area (Å²) in [5, 5.41) is 4.59. The van der Waals surface area contributed by atoms with Gasteiger partial charge in [-0.1, -0.05) is 44.2 Å². The number of benzene rings is 2. The fourth-order valence-corrected chi connectivity index (χ4v) is 3.59. The number of alkyl halides is 3. The molecule has 2 amide bonds. The lowest BCUT2D eigenvalue weighted by Gasteiger charge is -2.23. The average Bonchev–Trinajstić information content (AvgIpc) is 2.84. The number of aromatic nitrogens is 1. The smallest absolute Gasteiger partial charge is 0.399 e. The minimum atomic E-state index is -5.14. The number of anilines is 2. The summed E-state index contributed by atoms with van der Waals surface area (Å²) in [5.74, 6) is -4.52. The van der Waals surface area contributed by atoms with E-state index in [0.29, 0.717) is 11.3 Å². The number of Topliss-reactive ketones (excluding diaryl/α,β-unsaturated/α-hetero) is 1. The number of halogens is 3. The molecule has 0 spiro atoms. The van der Waals surface area contributed by atoms with Crippen LogP contribution in [0.2, 0.25) is 0 Å². The van der Waals surface area contributed by atoms with E-state index in [1.165, 1.54) is 50.2 Å². The van der Waals surface area contributed by atoms with Crippen molar-refractivity contribution in [1.82, 2.24) is 9.88 Å². The normalized spacial score (nSPS) is 12.2. The van der Waals surface area contributed by atoms with Gasteiger partial charge in [0.05, 0.1) is 11.7 Å². The van der Waals surface area contributed by atoms with Gasteiger partial charge in [0.2, 0.25) is 5.91 Å². The molecule has 0 bridgehead atoms. The van der Waals surface area contributed by atoms with Crippen LogP contribution in [0.4, 0.5) is 24.5 Å². The van der Waals surface area contributed by atoms with Gasteiger partial charge in [-0.15, -0.1) is 0 Å². The van der Waals surface area contributed by atoms with Crippen LogP contribution in [0, 0.1) is 5.92 Å². The Balaban J connectivity index is 1.96. The molecule has 1 heterocycles. The van der Waals surface area contributed by atoms with E-state index >= 15 is 0 Å². The summed E-state index contributed by atoms with van der Waals surface area (Å²) >= 11 is 0. The van der Waals surface area contributed by atoms with Crippen molar-refractivity contribution in [2.24, 2.45) is 5.92 Å². The maximum Gasteiger partial charge on any atom is 0.452 e. The molecule has 1 atom stereocenters. The molecular formula is C26H25F3N4O4. The molecule has 3 rings (SSSR count). The second kappa shape index (κ2) is 11.1. The van der Waals surface area contributed by atoms with Gasteiger partial charge in [0.1, 0.15) is 12.2 Å². The Kier molecular flexibility index (Phi) is 8.16. The predicted octanol–water partition coefficient (Wildman–Crippen LogP) is 3.62. The van der Waals surface area contributed by atoms with Gasteiger partial charge in [0.25, 0.3) is 17.2 Å². The molecule has 0 radical (unpaired) electrons. The molecule has 0 aliphatic rings. The molecule has 1 unspecified atom stereocenters. The molecule has 11 heteroatoms. The van der Waals surface area contributed by atoms with Crippen LogP contribution in [0.5, 0.6) is 0 Å². The minimum Gasteiger partial charge on any atom is -0.399 e. The number of rotatable bonds is 8. The summed E-state index contributed by atoms with van der Waals surface area (Å²) in [5.41, 5.74) is 6.23. The number of carbonyl (C=O) groups excluding carboxylic acids is 3. The quantitative estimate of drug-likeness (QED) is 0.396. The summed E-state index contributed by atoms with van der Waals surface area (Å²) in [4.78, 5) is 50.6. The Morgan fingerprint density at radius 3 is 2.14 bits per heavy atom. The topological polar surface area (TPSA) is 123 Å². The first-order valence-electron chi connectivity index (χ1n) is 11.2. The number of pyridine rings is 1. The van der Waals surface area contributed by atoms with Gasteiger partial charge in [-0.05, 0) is 47.9 Å². The molecule has 194 valence electrons. The summed E-state index contributed by atoms with van der Waals surface area (Å²) in [6.45, 7) is 2.04. The second-order valence-electron chi connectivity index (χ2n) is 8.62. The first kappa shape index (κ1) is 27.2. The van der Waals surface area contributed by atoms with Gasteiger partial charge in [0.15, 0.2) is 0 Å². The van der Waals surface area contributed by atoms with Crippen LogP contribution in [-0.4, -0.2) is 34.4 Å². The zero-order valence-corrected chi connectivity index (χ0v) is 20.0. The highest BCUT2D eigenvalue weighted by Gasteiger charge is 2.45. The molecule has 4 N–H and O–H groups in total. The fraction of sp³-hybridized carbons (Fsp3) is 0.231. The molecule has 3 aromatic rings. The number of ketones is 1. The maximum atomic E-state index is 13.3. The number of amides is 2. The number of nitrogens with one attached hydrogen (secondary N) is 2. The van der Waals surface area contributed by atoms with E-state index in [9.17, 15) is 32.3 Å². The summed E-state index contributed by atoms with van der Waals surface area (Å²) in [6, 6.07) is 15.5. The highest BCUT2D eigenvalue weighted by Crippen LogP contribution is 2.22. The highest BCUT2D eigenvalue weighted by molar-refractivity contribution is 6.04. The Morgan fingerprint density at radius 2 is 1.57 bits per heavy atom. The van der Waals surface area contributed by atoms with Crippen molar-refractivity contribution in [3.05, 3.63) is 82.6 Å². The molecule has 0 aliphatic carbocycles. The van der Waals surface area contributed by atoms with E-state index in [0.717, 1.165) is 4.57 Å². The monoisotopic (exact) mass is 514 g/mol. The van der Waals surface area contributed by atoms with Crippen LogP contribution in [0.1, 0.15) is 24.2 Å². The Bertz CT molecular complexity index is 1350. The van der Waals surface area contributed by atoms with Crippen molar-refractivity contribution in [2.45, 2.75) is 32.6 Å². The number of hydrogen-bond acceptors (Lipinski definition) is 5. The van der Waals surface area contributed by atoms with Crippen LogP contribution in [-0.2, 0) is 16.1 Å². The van der Waals surface area contributed by atoms with Crippen molar-refractivity contribution < 1.29 is 27.6 Å². The molecule has 0 saturated carbocycles. The van der Waals surface area contributed by atoms with Crippen LogP contribution in [0.15, 0.2) is 71.5 Å². The Morgan fingerprint density at radius 1 is 0.946 bits per heavy atom. The SMILES string of the molecule is CC(C)C(NC(=O)Cn1c(-c2ccccc2)ccc(NC(=O)c2ccc(N)cc2)c1=O)C(=O)C(F)(F)F. The van der Waals surface area contributed by atoms with Crippen molar-refractivity contribution in [3.63, 3.8) is 0 Å². The number of nitrogens with two attached hydrogens (primary N) is 1. The summed E-state index contributed by atoms with van der Waals surface area (Å²) in [6.07, 6.45) is -5.14. The fourth-order valence-electron chi connectivity index (χ4n) is 3.59. The third-order valence-corrected chi connectivity index (χ3v) is 5.51. The van der Waals surface area contributed by atoms with E-state index in [1.54, 1.807) is 30.3 Å². The summed E-state index contributed by atoms with van der Waals surface area (Å²) in [7, 11) is 0. The van der Waals surface area contributed by atoms with Gasteiger partial charge in [0, 0.05) is 11.3 Å². The van der Waals surface area contributed by atoms with Gasteiger partial charge in [-0.25, -0.2) is 0 Å². The summed E-state index contributed by atoms with van der Waals surface area (Å²) < 4.78 is 40.1. The molecule has 0 fully saturated rings. The van der Waals surface area contributed by atoms with Gasteiger partial charge in [-0.2, -0.15) is 13.2 Å². The van der Waals surface area contributed by atoms with E-state index < -0.39 is 47.8 Å². The first-order chi connectivity index (χ1) is 17.4. The highest BCUT2D eigenvalue weighted by atomic mass is 19.4. The van der Waals surface area contributed by atoms with E-state index in [-0.39, 0.29) is 16.9 Å². The average molecular weight is 515 g/mol. The van der Waals surface area contributed by atoms with E-state index in [1.807, 2.05) is 0 Å². The Labute approximate surface area is 210 Å². The van der Waals surface area contributed by atoms with E-state index in [4.69, 9.17) is 5.73 Å². The molecule has 0 saturated heterocycles. The standard InChI is InChI=1S/C26H25F3N4O4/c1-15(2)22(23(35)26(27,28)29)32-21(34)14-33-20(16-6-4-3-5-7-16)13-12-19(25(33)37)31-24(36)17-8-10-18(30)11-9-17/h3-13,15,22H,14,30H2,1-2H3,(H,31,36)(H,32,34). The van der Waals surface area contributed by atoms with Crippen molar-refractivity contribution in [1.29, 1.82) is 0 Å². The van der Waals surface area contributed by atoms with Crippen LogP contribution < -0.4 is 21.9 Å². The third kappa shape index (κ3) is 6.63. The molecule has 1 aromatic heterocycles. The lowest BCUT2D eigenvalue weighted by molar-refractivity contribution is -0.174. The van der Waals surface area contributed by atoms with Crippen LogP contribution in [0.25, 0.3) is 11.3 Å². The maximum absolute atomic E-state index is 13.3. The van der Waals surface area contributed by atoms with Crippen molar-refractivity contribution in [2.75, 3.05) is 11.1 Å². The number of nitrogens with zero attached hydrogens (tertiary/aromatic N) is 1. The van der Waals surface area contributed by atoms with E-state index in [2.05, 4.69) is 10.6 Å². The van der Waals surface area contributed by atoms with Crippen LogP contribution in [0.3, 0.4) is 0 Å². The molecule has 8 nitrogen and oxygen atoms in total. The number of carbonyl (C=O) groups is 3. The minimum absolute atomic E-state index is 0.152. The van der Waals surface area contributed by atoms with Gasteiger partial charge < -0.3 is 16.4 Å². The zero-order valence-electron chi connectivity index (χ0n) is 20.0. The first-order valence-corrected chi connectivity index (χ1v) is 11.2.